The first-order chi connectivity index (χ1) is 17.8. The van der Waals surface area contributed by atoms with E-state index in [4.69, 9.17) is 23.7 Å². The van der Waals surface area contributed by atoms with E-state index in [1.807, 2.05) is 0 Å². The Morgan fingerprint density at radius 2 is 1.47 bits per heavy atom. The number of benzene rings is 2. The molecule has 8 nitrogen and oxygen atoms in total. The molecule has 0 bridgehead atoms. The highest BCUT2D eigenvalue weighted by Crippen LogP contribution is 2.32. The van der Waals surface area contributed by atoms with Crippen molar-refractivity contribution in [2.24, 2.45) is 5.41 Å². The van der Waals surface area contributed by atoms with Gasteiger partial charge in [0.15, 0.2) is 11.6 Å². The van der Waals surface area contributed by atoms with Crippen molar-refractivity contribution in [1.29, 1.82) is 0 Å². The van der Waals surface area contributed by atoms with Crippen LogP contribution in [0.2, 0.25) is 0 Å². The number of rotatable bonds is 13. The Kier molecular flexibility index (Phi) is 10.9. The molecule has 0 saturated carbocycles. The third kappa shape index (κ3) is 9.55. The maximum absolute atomic E-state index is 14.7. The van der Waals surface area contributed by atoms with Gasteiger partial charge in [-0.1, -0.05) is 19.2 Å². The van der Waals surface area contributed by atoms with Crippen molar-refractivity contribution in [2.45, 2.75) is 40.9 Å². The van der Waals surface area contributed by atoms with Crippen molar-refractivity contribution in [3.8, 4) is 28.4 Å². The van der Waals surface area contributed by atoms with Crippen LogP contribution in [0.4, 0.5) is 4.39 Å². The van der Waals surface area contributed by atoms with Crippen LogP contribution in [-0.4, -0.2) is 49.8 Å². The maximum atomic E-state index is 14.7. The molecule has 1 N–H and O–H groups in total. The van der Waals surface area contributed by atoms with E-state index >= 15 is 0 Å². The van der Waals surface area contributed by atoms with Crippen molar-refractivity contribution >= 4 is 11.9 Å². The second-order valence-corrected chi connectivity index (χ2v) is 9.65. The minimum absolute atomic E-state index is 0.000572. The molecule has 2 aromatic rings. The number of carbonyl (C=O) groups is 2. The molecule has 0 spiro atoms. The van der Waals surface area contributed by atoms with Crippen LogP contribution < -0.4 is 14.2 Å². The highest BCUT2D eigenvalue weighted by molar-refractivity contribution is 5.86. The van der Waals surface area contributed by atoms with Crippen molar-refractivity contribution in [3.63, 3.8) is 0 Å². The Morgan fingerprint density at radius 3 is 1.97 bits per heavy atom. The first-order valence-corrected chi connectivity index (χ1v) is 12.0. The monoisotopic (exact) mass is 530 g/mol. The topological polar surface area (TPSA) is 101 Å². The molecular formula is C29H35FO8. The molecule has 9 heteroatoms. The van der Waals surface area contributed by atoms with Crippen molar-refractivity contribution in [2.75, 3.05) is 26.4 Å². The van der Waals surface area contributed by atoms with E-state index in [1.54, 1.807) is 58.9 Å². The fraction of sp³-hybridized carbons (Fsp3) is 0.379. The lowest BCUT2D eigenvalue weighted by molar-refractivity contribution is -0.153. The molecule has 2 aromatic carbocycles. The number of ether oxygens (including phenoxy) is 5. The minimum Gasteiger partial charge on any atom is -0.490 e. The van der Waals surface area contributed by atoms with E-state index in [0.29, 0.717) is 28.2 Å². The summed E-state index contributed by atoms with van der Waals surface area (Å²) in [6.07, 6.45) is -1.33. The summed E-state index contributed by atoms with van der Waals surface area (Å²) >= 11 is 0. The SMILES string of the molecule is C=C(C)C(=O)OCCOc1cc(OCCOC(=O)C(C)(C)C)cc(-c2ccc(OC(O)C(=C)C)c(F)c2)c1. The number of aliphatic hydroxyl groups excluding tert-OH is 1. The van der Waals surface area contributed by atoms with Gasteiger partial charge in [-0.3, -0.25) is 4.79 Å². The summed E-state index contributed by atoms with van der Waals surface area (Å²) in [5.74, 6) is -0.912. The number of aliphatic hydroxyl groups is 1. The standard InChI is InChI=1S/C29H35FO8/c1-18(2)26(31)36-12-10-34-22-14-21(15-23(17-22)35-11-13-37-28(33)29(5,6)7)20-8-9-25(24(30)16-20)38-27(32)19(3)4/h8-9,14-17,27,32H,1,3,10-13H2,2,4-7H3. The Balaban J connectivity index is 2.20. The van der Waals surface area contributed by atoms with Crippen LogP contribution in [-0.2, 0) is 19.1 Å². The van der Waals surface area contributed by atoms with Gasteiger partial charge in [0, 0.05) is 11.6 Å². The zero-order chi connectivity index (χ0) is 28.5. The zero-order valence-electron chi connectivity index (χ0n) is 22.5. The van der Waals surface area contributed by atoms with Gasteiger partial charge in [-0.2, -0.15) is 0 Å². The second-order valence-electron chi connectivity index (χ2n) is 9.65. The lowest BCUT2D eigenvalue weighted by atomic mass is 9.97. The van der Waals surface area contributed by atoms with E-state index in [2.05, 4.69) is 13.2 Å². The summed E-state index contributed by atoms with van der Waals surface area (Å²) in [5, 5.41) is 9.82. The second kappa shape index (κ2) is 13.6. The molecule has 206 valence electrons. The number of carbonyl (C=O) groups excluding carboxylic acids is 2. The average Bonchev–Trinajstić information content (AvgIpc) is 2.84. The average molecular weight is 531 g/mol. The number of esters is 2. The fourth-order valence-electron chi connectivity index (χ4n) is 2.83. The molecule has 0 aromatic heterocycles. The number of hydrogen-bond donors (Lipinski definition) is 1. The first-order valence-electron chi connectivity index (χ1n) is 12.0. The molecule has 2 rings (SSSR count). The third-order valence-electron chi connectivity index (χ3n) is 4.94. The van der Waals surface area contributed by atoms with Crippen molar-refractivity contribution in [1.82, 2.24) is 0 Å². The molecule has 1 atom stereocenters. The summed E-state index contributed by atoms with van der Waals surface area (Å²) < 4.78 is 41.7. The van der Waals surface area contributed by atoms with Crippen LogP contribution in [0.15, 0.2) is 60.7 Å². The van der Waals surface area contributed by atoms with Gasteiger partial charge in [-0.05, 0) is 75.6 Å². The van der Waals surface area contributed by atoms with Gasteiger partial charge >= 0.3 is 11.9 Å². The van der Waals surface area contributed by atoms with Crippen LogP contribution in [0.5, 0.6) is 17.2 Å². The molecule has 0 fully saturated rings. The van der Waals surface area contributed by atoms with Gasteiger partial charge in [0.2, 0.25) is 6.29 Å². The van der Waals surface area contributed by atoms with E-state index in [-0.39, 0.29) is 43.7 Å². The predicted octanol–water partition coefficient (Wildman–Crippen LogP) is 5.23. The third-order valence-corrected chi connectivity index (χ3v) is 4.94. The van der Waals surface area contributed by atoms with Crippen LogP contribution in [0, 0.1) is 11.2 Å². The van der Waals surface area contributed by atoms with Gasteiger partial charge in [-0.15, -0.1) is 0 Å². The summed E-state index contributed by atoms with van der Waals surface area (Å²) in [6.45, 7) is 15.7. The molecular weight excluding hydrogens is 495 g/mol. The Labute approximate surface area is 222 Å². The summed E-state index contributed by atoms with van der Waals surface area (Å²) in [5.41, 5.74) is 1.04. The van der Waals surface area contributed by atoms with Crippen LogP contribution >= 0.6 is 0 Å². The van der Waals surface area contributed by atoms with Crippen LogP contribution in [0.25, 0.3) is 11.1 Å². The summed E-state index contributed by atoms with van der Waals surface area (Å²) in [4.78, 5) is 23.5. The maximum Gasteiger partial charge on any atom is 0.333 e. The van der Waals surface area contributed by atoms with E-state index < -0.39 is 23.5 Å². The number of halogens is 1. The number of hydrogen-bond acceptors (Lipinski definition) is 8. The largest absolute Gasteiger partial charge is 0.490 e. The van der Waals surface area contributed by atoms with Crippen molar-refractivity contribution in [3.05, 3.63) is 66.5 Å². The minimum atomic E-state index is -1.33. The van der Waals surface area contributed by atoms with Crippen LogP contribution in [0.3, 0.4) is 0 Å². The predicted molar refractivity (Wildman–Crippen MR) is 140 cm³/mol. The molecule has 0 amide bonds. The lowest BCUT2D eigenvalue weighted by Gasteiger charge is -2.17. The molecule has 0 aliphatic rings. The molecule has 0 radical (unpaired) electrons. The Hall–Kier alpha value is -3.85. The van der Waals surface area contributed by atoms with Gasteiger partial charge in [0.1, 0.15) is 37.9 Å². The Morgan fingerprint density at radius 1 is 0.895 bits per heavy atom. The van der Waals surface area contributed by atoms with Crippen molar-refractivity contribution < 1.29 is 42.8 Å². The highest BCUT2D eigenvalue weighted by Gasteiger charge is 2.22. The normalized spacial score (nSPS) is 11.8. The zero-order valence-corrected chi connectivity index (χ0v) is 22.5. The summed E-state index contributed by atoms with van der Waals surface area (Å²) in [6, 6.07) is 9.23. The smallest absolute Gasteiger partial charge is 0.333 e. The molecule has 38 heavy (non-hydrogen) atoms. The van der Waals surface area contributed by atoms with Gasteiger partial charge in [0.05, 0.1) is 5.41 Å². The fourth-order valence-corrected chi connectivity index (χ4v) is 2.83. The van der Waals surface area contributed by atoms with E-state index in [9.17, 15) is 19.1 Å². The molecule has 0 heterocycles. The highest BCUT2D eigenvalue weighted by atomic mass is 19.1. The Bertz CT molecular complexity index is 1170. The molecule has 0 saturated heterocycles. The molecule has 0 aliphatic heterocycles. The van der Waals surface area contributed by atoms with Gasteiger partial charge in [0.25, 0.3) is 0 Å². The van der Waals surface area contributed by atoms with E-state index in [1.165, 1.54) is 12.1 Å². The van der Waals surface area contributed by atoms with Crippen LogP contribution in [0.1, 0.15) is 34.6 Å². The quantitative estimate of drug-likeness (QED) is 0.124. The molecule has 1 unspecified atom stereocenters. The van der Waals surface area contributed by atoms with E-state index in [0.717, 1.165) is 0 Å². The first kappa shape index (κ1) is 30.4. The summed E-state index contributed by atoms with van der Waals surface area (Å²) in [7, 11) is 0. The van der Waals surface area contributed by atoms with Gasteiger partial charge < -0.3 is 28.8 Å². The molecule has 0 aliphatic carbocycles. The lowest BCUT2D eigenvalue weighted by Crippen LogP contribution is -2.24. The van der Waals surface area contributed by atoms with Gasteiger partial charge in [-0.25, -0.2) is 9.18 Å².